The summed E-state index contributed by atoms with van der Waals surface area (Å²) in [4.78, 5) is 3.51. The zero-order valence-corrected chi connectivity index (χ0v) is 12.4. The number of methoxy groups -OCH3 is 3. The average Bonchev–Trinajstić information content (AvgIpc) is 2.25. The maximum Gasteiger partial charge on any atom is 0.203 e. The summed E-state index contributed by atoms with van der Waals surface area (Å²) < 4.78 is 15.9. The van der Waals surface area contributed by atoms with E-state index in [0.717, 1.165) is 5.69 Å². The number of anilines is 1. The largest absolute Gasteiger partial charge is 0.493 e. The number of nitrogens with one attached hydrogen (secondary N) is 1. The van der Waals surface area contributed by atoms with E-state index in [0.29, 0.717) is 17.2 Å². The molecule has 0 unspecified atom stereocenters. The van der Waals surface area contributed by atoms with Gasteiger partial charge in [-0.15, -0.1) is 0 Å². The summed E-state index contributed by atoms with van der Waals surface area (Å²) in [5, 5.41) is 0. The molecule has 0 aliphatic heterocycles. The molecule has 0 saturated heterocycles. The topological polar surface area (TPSA) is 39.7 Å². The third-order valence-electron chi connectivity index (χ3n) is 2.18. The summed E-state index contributed by atoms with van der Waals surface area (Å²) in [6.45, 7) is 6.70. The van der Waals surface area contributed by atoms with Crippen LogP contribution in [0.15, 0.2) is 12.1 Å². The second kappa shape index (κ2) is 5.31. The van der Waals surface area contributed by atoms with Gasteiger partial charge < -0.3 is 19.2 Å². The van der Waals surface area contributed by atoms with E-state index in [1.807, 2.05) is 12.1 Å². The van der Waals surface area contributed by atoms with Crippen LogP contribution in [0.4, 0.5) is 5.69 Å². The van der Waals surface area contributed by atoms with Gasteiger partial charge in [-0.2, -0.15) is 0 Å². The van der Waals surface area contributed by atoms with Crippen LogP contribution in [0.2, 0.25) is 19.6 Å². The standard InChI is InChI=1S/C12H21NO3Si/c1-14-10-7-9(13-17(4,5)6)8-11(15-2)12(10)16-3/h7-8,13H,1-6H3. The van der Waals surface area contributed by atoms with Crippen molar-refractivity contribution in [2.45, 2.75) is 19.6 Å². The van der Waals surface area contributed by atoms with E-state index in [-0.39, 0.29) is 0 Å². The summed E-state index contributed by atoms with van der Waals surface area (Å²) in [5.74, 6) is 1.97. The molecular formula is C12H21NO3Si. The molecule has 17 heavy (non-hydrogen) atoms. The molecule has 0 saturated carbocycles. The van der Waals surface area contributed by atoms with Crippen LogP contribution in [-0.2, 0) is 0 Å². The number of hydrogen-bond donors (Lipinski definition) is 1. The highest BCUT2D eigenvalue weighted by atomic mass is 28.3. The van der Waals surface area contributed by atoms with Crippen LogP contribution in [0, 0.1) is 0 Å². The van der Waals surface area contributed by atoms with Crippen molar-refractivity contribution in [3.63, 3.8) is 0 Å². The first-order valence-electron chi connectivity index (χ1n) is 5.49. The minimum Gasteiger partial charge on any atom is -0.493 e. The summed E-state index contributed by atoms with van der Waals surface area (Å²) in [6, 6.07) is 3.86. The van der Waals surface area contributed by atoms with Crippen LogP contribution in [-0.4, -0.2) is 29.6 Å². The zero-order chi connectivity index (χ0) is 13.1. The Kier molecular flexibility index (Phi) is 4.28. The molecule has 4 nitrogen and oxygen atoms in total. The number of ether oxygens (including phenoxy) is 3. The van der Waals surface area contributed by atoms with Gasteiger partial charge in [0.15, 0.2) is 11.5 Å². The van der Waals surface area contributed by atoms with Crippen molar-refractivity contribution >= 4 is 13.9 Å². The zero-order valence-electron chi connectivity index (χ0n) is 11.4. The second-order valence-corrected chi connectivity index (χ2v) is 9.54. The molecule has 1 aromatic rings. The quantitative estimate of drug-likeness (QED) is 0.821. The van der Waals surface area contributed by atoms with Gasteiger partial charge in [0, 0.05) is 17.8 Å². The number of rotatable bonds is 5. The molecule has 0 bridgehead atoms. The lowest BCUT2D eigenvalue weighted by Gasteiger charge is -2.21. The van der Waals surface area contributed by atoms with E-state index in [9.17, 15) is 0 Å². The molecule has 0 aromatic heterocycles. The van der Waals surface area contributed by atoms with Crippen LogP contribution >= 0.6 is 0 Å². The van der Waals surface area contributed by atoms with E-state index in [1.165, 1.54) is 0 Å². The van der Waals surface area contributed by atoms with Crippen LogP contribution in [0.3, 0.4) is 0 Å². The summed E-state index contributed by atoms with van der Waals surface area (Å²) in [5.41, 5.74) is 0.999. The van der Waals surface area contributed by atoms with Gasteiger partial charge >= 0.3 is 0 Å². The van der Waals surface area contributed by atoms with Crippen LogP contribution in [0.5, 0.6) is 17.2 Å². The fourth-order valence-electron chi connectivity index (χ4n) is 1.59. The van der Waals surface area contributed by atoms with Gasteiger partial charge in [0.2, 0.25) is 5.75 Å². The Labute approximate surface area is 104 Å². The van der Waals surface area contributed by atoms with Crippen molar-refractivity contribution in [1.29, 1.82) is 0 Å². The number of benzene rings is 1. The molecule has 0 aliphatic rings. The monoisotopic (exact) mass is 255 g/mol. The Hall–Kier alpha value is -1.36. The summed E-state index contributed by atoms with van der Waals surface area (Å²) >= 11 is 0. The molecule has 0 heterocycles. The molecule has 1 rings (SSSR count). The Balaban J connectivity index is 3.18. The first-order valence-corrected chi connectivity index (χ1v) is 8.99. The SMILES string of the molecule is COc1cc(N[Si](C)(C)C)cc(OC)c1OC. The van der Waals surface area contributed by atoms with Gasteiger partial charge in [0.05, 0.1) is 21.3 Å². The smallest absolute Gasteiger partial charge is 0.203 e. The van der Waals surface area contributed by atoms with Gasteiger partial charge in [0.1, 0.15) is 8.24 Å². The van der Waals surface area contributed by atoms with Crippen LogP contribution < -0.4 is 19.2 Å². The molecule has 0 radical (unpaired) electrons. The highest BCUT2D eigenvalue weighted by Gasteiger charge is 2.17. The molecule has 0 atom stereocenters. The Morgan fingerprint density at radius 3 is 1.65 bits per heavy atom. The highest BCUT2D eigenvalue weighted by Crippen LogP contribution is 2.40. The molecule has 0 amide bonds. The first kappa shape index (κ1) is 13.7. The molecule has 1 aromatic carbocycles. The molecule has 0 aliphatic carbocycles. The van der Waals surface area contributed by atoms with E-state index in [2.05, 4.69) is 24.6 Å². The number of hydrogen-bond acceptors (Lipinski definition) is 4. The fourth-order valence-corrected chi connectivity index (χ4v) is 2.60. The van der Waals surface area contributed by atoms with E-state index in [4.69, 9.17) is 14.2 Å². The molecule has 1 N–H and O–H groups in total. The minimum absolute atomic E-state index is 0.621. The molecule has 0 spiro atoms. The van der Waals surface area contributed by atoms with Crippen molar-refractivity contribution in [3.05, 3.63) is 12.1 Å². The van der Waals surface area contributed by atoms with Gasteiger partial charge in [-0.25, -0.2) is 0 Å². The first-order chi connectivity index (χ1) is 7.91. The Bertz CT molecular complexity index is 363. The molecular weight excluding hydrogens is 234 g/mol. The summed E-state index contributed by atoms with van der Waals surface area (Å²) in [7, 11) is 3.45. The van der Waals surface area contributed by atoms with Crippen molar-refractivity contribution < 1.29 is 14.2 Å². The van der Waals surface area contributed by atoms with Crippen molar-refractivity contribution in [2.24, 2.45) is 0 Å². The lowest BCUT2D eigenvalue weighted by Crippen LogP contribution is -2.32. The van der Waals surface area contributed by atoms with E-state index in [1.54, 1.807) is 21.3 Å². The predicted octanol–water partition coefficient (Wildman–Crippen LogP) is 2.96. The summed E-state index contributed by atoms with van der Waals surface area (Å²) in [6.07, 6.45) is 0. The fraction of sp³-hybridized carbons (Fsp3) is 0.500. The van der Waals surface area contributed by atoms with Gasteiger partial charge in [-0.3, -0.25) is 0 Å². The highest BCUT2D eigenvalue weighted by molar-refractivity contribution is 6.79. The molecule has 0 fully saturated rings. The van der Waals surface area contributed by atoms with Crippen molar-refractivity contribution in [2.75, 3.05) is 26.3 Å². The van der Waals surface area contributed by atoms with Crippen LogP contribution in [0.25, 0.3) is 0 Å². The van der Waals surface area contributed by atoms with Gasteiger partial charge in [-0.1, -0.05) is 19.6 Å². The average molecular weight is 255 g/mol. The lowest BCUT2D eigenvalue weighted by molar-refractivity contribution is 0.324. The van der Waals surface area contributed by atoms with Gasteiger partial charge in [0.25, 0.3) is 0 Å². The maximum atomic E-state index is 5.30. The third-order valence-corrected chi connectivity index (χ3v) is 3.22. The van der Waals surface area contributed by atoms with E-state index < -0.39 is 8.24 Å². The molecule has 96 valence electrons. The third kappa shape index (κ3) is 3.56. The second-order valence-electron chi connectivity index (χ2n) is 4.79. The lowest BCUT2D eigenvalue weighted by atomic mass is 10.2. The van der Waals surface area contributed by atoms with E-state index >= 15 is 0 Å². The maximum absolute atomic E-state index is 5.30. The van der Waals surface area contributed by atoms with Crippen LogP contribution in [0.1, 0.15) is 0 Å². The van der Waals surface area contributed by atoms with Crippen molar-refractivity contribution in [1.82, 2.24) is 0 Å². The minimum atomic E-state index is -1.40. The Morgan fingerprint density at radius 1 is 0.882 bits per heavy atom. The predicted molar refractivity (Wildman–Crippen MR) is 73.1 cm³/mol. The Morgan fingerprint density at radius 2 is 1.35 bits per heavy atom. The van der Waals surface area contributed by atoms with Crippen molar-refractivity contribution in [3.8, 4) is 17.2 Å². The molecule has 5 heteroatoms. The normalized spacial score (nSPS) is 10.9. The van der Waals surface area contributed by atoms with Gasteiger partial charge in [-0.05, 0) is 0 Å².